The van der Waals surface area contributed by atoms with Crippen LogP contribution in [0.4, 0.5) is 5.69 Å². The van der Waals surface area contributed by atoms with E-state index >= 15 is 0 Å². The minimum absolute atomic E-state index is 0.225. The van der Waals surface area contributed by atoms with Crippen LogP contribution >= 0.6 is 0 Å². The minimum atomic E-state index is -0.789. The second-order valence-electron chi connectivity index (χ2n) is 5.33. The van der Waals surface area contributed by atoms with Crippen LogP contribution in [0, 0.1) is 0 Å². The molecule has 0 aromatic heterocycles. The van der Waals surface area contributed by atoms with Gasteiger partial charge in [0.1, 0.15) is 0 Å². The molecule has 1 amide bonds. The molecule has 5 heteroatoms. The predicted molar refractivity (Wildman–Crippen MR) is 81.3 cm³/mol. The van der Waals surface area contributed by atoms with Gasteiger partial charge in [0.2, 0.25) is 0 Å². The number of carbonyl (C=O) groups is 2. The number of benzene rings is 1. The molecule has 1 aromatic rings. The number of para-hydroxylation sites is 1. The lowest BCUT2D eigenvalue weighted by Crippen LogP contribution is -2.40. The first kappa shape index (κ1) is 15.4. The van der Waals surface area contributed by atoms with E-state index in [2.05, 4.69) is 10.6 Å². The van der Waals surface area contributed by atoms with Gasteiger partial charge in [0.05, 0.1) is 5.56 Å². The van der Waals surface area contributed by atoms with E-state index in [9.17, 15) is 9.59 Å². The molecule has 114 valence electrons. The summed E-state index contributed by atoms with van der Waals surface area (Å²) in [6.07, 6.45) is 3.52. The zero-order chi connectivity index (χ0) is 15.2. The summed E-state index contributed by atoms with van der Waals surface area (Å²) in [5.74, 6) is -0.716. The van der Waals surface area contributed by atoms with Gasteiger partial charge in [-0.1, -0.05) is 25.0 Å². The van der Waals surface area contributed by atoms with Crippen molar-refractivity contribution in [2.45, 2.75) is 44.8 Å². The maximum absolute atomic E-state index is 12.1. The number of esters is 1. The van der Waals surface area contributed by atoms with E-state index in [0.717, 1.165) is 25.7 Å². The standard InChI is InChI=1S/C16H22N2O3/c1-11(15(19)18-12-7-3-4-8-12)21-16(20)13-9-5-6-10-14(13)17-2/h5-6,9-12,17H,3-4,7-8H2,1-2H3,(H,18,19)/t11-/m1/s1. The third-order valence-corrected chi connectivity index (χ3v) is 3.77. The molecule has 1 atom stereocenters. The summed E-state index contributed by atoms with van der Waals surface area (Å²) >= 11 is 0. The van der Waals surface area contributed by atoms with Gasteiger partial charge in [-0.15, -0.1) is 0 Å². The van der Waals surface area contributed by atoms with Crippen molar-refractivity contribution in [3.05, 3.63) is 29.8 Å². The molecule has 0 heterocycles. The van der Waals surface area contributed by atoms with E-state index < -0.39 is 12.1 Å². The van der Waals surface area contributed by atoms with Crippen molar-refractivity contribution in [3.8, 4) is 0 Å². The molecule has 5 nitrogen and oxygen atoms in total. The number of hydrogen-bond donors (Lipinski definition) is 2. The maximum atomic E-state index is 12.1. The van der Waals surface area contributed by atoms with Crippen LogP contribution in [-0.4, -0.2) is 31.1 Å². The second kappa shape index (κ2) is 7.11. The fourth-order valence-corrected chi connectivity index (χ4v) is 2.55. The molecule has 21 heavy (non-hydrogen) atoms. The number of carbonyl (C=O) groups excluding carboxylic acids is 2. The lowest BCUT2D eigenvalue weighted by molar-refractivity contribution is -0.129. The summed E-state index contributed by atoms with van der Waals surface area (Å²) in [4.78, 5) is 24.2. The molecule has 0 radical (unpaired) electrons. The number of amides is 1. The smallest absolute Gasteiger partial charge is 0.341 e. The monoisotopic (exact) mass is 290 g/mol. The highest BCUT2D eigenvalue weighted by molar-refractivity contribution is 5.97. The third kappa shape index (κ3) is 3.97. The van der Waals surface area contributed by atoms with Crippen molar-refractivity contribution in [2.24, 2.45) is 0 Å². The van der Waals surface area contributed by atoms with E-state index in [1.165, 1.54) is 0 Å². The molecule has 0 bridgehead atoms. The third-order valence-electron chi connectivity index (χ3n) is 3.77. The maximum Gasteiger partial charge on any atom is 0.341 e. The largest absolute Gasteiger partial charge is 0.449 e. The first-order valence-corrected chi connectivity index (χ1v) is 7.40. The van der Waals surface area contributed by atoms with Gasteiger partial charge in [-0.2, -0.15) is 0 Å². The first-order chi connectivity index (χ1) is 10.1. The summed E-state index contributed by atoms with van der Waals surface area (Å²) in [5, 5.41) is 5.87. The van der Waals surface area contributed by atoms with Crippen LogP contribution in [0.2, 0.25) is 0 Å². The minimum Gasteiger partial charge on any atom is -0.449 e. The van der Waals surface area contributed by atoms with Gasteiger partial charge in [-0.3, -0.25) is 4.79 Å². The highest BCUT2D eigenvalue weighted by atomic mass is 16.5. The van der Waals surface area contributed by atoms with Crippen molar-refractivity contribution in [1.29, 1.82) is 0 Å². The van der Waals surface area contributed by atoms with Crippen LogP contribution in [-0.2, 0) is 9.53 Å². The Balaban J connectivity index is 1.93. The number of rotatable bonds is 5. The molecule has 0 unspecified atom stereocenters. The van der Waals surface area contributed by atoms with Gasteiger partial charge in [-0.05, 0) is 31.9 Å². The summed E-state index contributed by atoms with van der Waals surface area (Å²) in [6, 6.07) is 7.29. The van der Waals surface area contributed by atoms with Gasteiger partial charge in [0.25, 0.3) is 5.91 Å². The van der Waals surface area contributed by atoms with Crippen LogP contribution in [0.5, 0.6) is 0 Å². The van der Waals surface area contributed by atoms with Crippen LogP contribution in [0.15, 0.2) is 24.3 Å². The molecule has 2 rings (SSSR count). The quantitative estimate of drug-likeness (QED) is 0.817. The Kier molecular flexibility index (Phi) is 5.20. The average Bonchev–Trinajstić information content (AvgIpc) is 2.99. The van der Waals surface area contributed by atoms with E-state index in [0.29, 0.717) is 11.3 Å². The fourth-order valence-electron chi connectivity index (χ4n) is 2.55. The van der Waals surface area contributed by atoms with Crippen LogP contribution in [0.25, 0.3) is 0 Å². The first-order valence-electron chi connectivity index (χ1n) is 7.40. The van der Waals surface area contributed by atoms with Crippen molar-refractivity contribution >= 4 is 17.6 Å². The number of hydrogen-bond acceptors (Lipinski definition) is 4. The Bertz CT molecular complexity index is 510. The van der Waals surface area contributed by atoms with Crippen molar-refractivity contribution in [2.75, 3.05) is 12.4 Å². The second-order valence-corrected chi connectivity index (χ2v) is 5.33. The SMILES string of the molecule is CNc1ccccc1C(=O)O[C@H](C)C(=O)NC1CCCC1. The molecule has 1 fully saturated rings. The lowest BCUT2D eigenvalue weighted by atomic mass is 10.2. The molecule has 0 saturated heterocycles. The topological polar surface area (TPSA) is 67.4 Å². The van der Waals surface area contributed by atoms with Gasteiger partial charge in [0.15, 0.2) is 6.10 Å². The molecule has 1 aliphatic carbocycles. The molecule has 1 aliphatic rings. The van der Waals surface area contributed by atoms with Crippen LogP contribution in [0.1, 0.15) is 43.0 Å². The van der Waals surface area contributed by atoms with Crippen molar-refractivity contribution in [1.82, 2.24) is 5.32 Å². The summed E-state index contributed by atoms with van der Waals surface area (Å²) in [7, 11) is 1.74. The molecular weight excluding hydrogens is 268 g/mol. The Morgan fingerprint density at radius 1 is 1.24 bits per heavy atom. The van der Waals surface area contributed by atoms with E-state index in [1.54, 1.807) is 32.2 Å². The zero-order valence-corrected chi connectivity index (χ0v) is 12.5. The van der Waals surface area contributed by atoms with Gasteiger partial charge in [-0.25, -0.2) is 4.79 Å². The highest BCUT2D eigenvalue weighted by Crippen LogP contribution is 2.18. The Morgan fingerprint density at radius 2 is 1.90 bits per heavy atom. The lowest BCUT2D eigenvalue weighted by Gasteiger charge is -2.17. The van der Waals surface area contributed by atoms with E-state index in [-0.39, 0.29) is 11.9 Å². The Hall–Kier alpha value is -2.04. The zero-order valence-electron chi connectivity index (χ0n) is 12.5. The molecular formula is C16H22N2O3. The normalized spacial score (nSPS) is 16.3. The Morgan fingerprint density at radius 3 is 2.57 bits per heavy atom. The molecule has 2 N–H and O–H groups in total. The average molecular weight is 290 g/mol. The predicted octanol–water partition coefficient (Wildman–Crippen LogP) is 2.33. The van der Waals surface area contributed by atoms with Crippen molar-refractivity contribution in [3.63, 3.8) is 0 Å². The molecule has 1 saturated carbocycles. The molecule has 0 spiro atoms. The van der Waals surface area contributed by atoms with E-state index in [4.69, 9.17) is 4.74 Å². The highest BCUT2D eigenvalue weighted by Gasteiger charge is 2.24. The summed E-state index contributed by atoms with van der Waals surface area (Å²) in [6.45, 7) is 1.60. The van der Waals surface area contributed by atoms with Gasteiger partial charge < -0.3 is 15.4 Å². The van der Waals surface area contributed by atoms with Crippen molar-refractivity contribution < 1.29 is 14.3 Å². The fraction of sp³-hybridized carbons (Fsp3) is 0.500. The van der Waals surface area contributed by atoms with E-state index in [1.807, 2.05) is 6.07 Å². The van der Waals surface area contributed by atoms with Gasteiger partial charge in [0, 0.05) is 18.8 Å². The van der Waals surface area contributed by atoms with Crippen LogP contribution in [0.3, 0.4) is 0 Å². The number of nitrogens with one attached hydrogen (secondary N) is 2. The van der Waals surface area contributed by atoms with Gasteiger partial charge >= 0.3 is 5.97 Å². The summed E-state index contributed by atoms with van der Waals surface area (Å²) in [5.41, 5.74) is 1.12. The van der Waals surface area contributed by atoms with Crippen LogP contribution < -0.4 is 10.6 Å². The number of ether oxygens (including phenoxy) is 1. The summed E-state index contributed by atoms with van der Waals surface area (Å²) < 4.78 is 5.26. The molecule has 0 aliphatic heterocycles. The number of anilines is 1. The Labute approximate surface area is 125 Å². The molecule has 1 aromatic carbocycles.